The Morgan fingerprint density at radius 2 is 1.91 bits per heavy atom. The second kappa shape index (κ2) is 7.70. The molecule has 1 aromatic carbocycles. The van der Waals surface area contributed by atoms with Crippen molar-refractivity contribution >= 4 is 22.9 Å². The minimum atomic E-state index is -4.68. The van der Waals surface area contributed by atoms with E-state index in [9.17, 15) is 22.4 Å². The van der Waals surface area contributed by atoms with Gasteiger partial charge in [0.2, 0.25) is 0 Å². The lowest BCUT2D eigenvalue weighted by Gasteiger charge is -2.24. The van der Waals surface area contributed by atoms with Gasteiger partial charge in [0.1, 0.15) is 5.82 Å². The van der Waals surface area contributed by atoms with Crippen molar-refractivity contribution in [3.05, 3.63) is 76.7 Å². The number of alkyl halides is 3. The van der Waals surface area contributed by atoms with Gasteiger partial charge in [-0.1, -0.05) is 18.2 Å². The summed E-state index contributed by atoms with van der Waals surface area (Å²) in [5.74, 6) is -0.856. The molecule has 0 N–H and O–H groups in total. The topological polar surface area (TPSA) is 50.5 Å². The van der Waals surface area contributed by atoms with Crippen LogP contribution in [0.25, 0.3) is 16.2 Å². The van der Waals surface area contributed by atoms with Crippen molar-refractivity contribution in [3.8, 4) is 10.6 Å². The smallest absolute Gasteiger partial charge is 0.330 e. The lowest BCUT2D eigenvalue weighted by molar-refractivity contribution is -0.142. The molecule has 0 unspecified atom stereocenters. The molecule has 0 aliphatic carbocycles. The van der Waals surface area contributed by atoms with E-state index in [1.54, 1.807) is 34.5 Å². The van der Waals surface area contributed by atoms with Crippen LogP contribution in [0.4, 0.5) is 17.6 Å². The number of carbonyl (C=O) groups is 1. The van der Waals surface area contributed by atoms with E-state index in [1.807, 2.05) is 0 Å². The summed E-state index contributed by atoms with van der Waals surface area (Å²) in [4.78, 5) is 19.7. The number of rotatable bonds is 3. The van der Waals surface area contributed by atoms with Gasteiger partial charge in [-0.05, 0) is 48.1 Å². The Balaban J connectivity index is 1.55. The van der Waals surface area contributed by atoms with Crippen LogP contribution in [0.2, 0.25) is 0 Å². The molecule has 0 spiro atoms. The Labute approximate surface area is 183 Å². The average Bonchev–Trinajstić information content (AvgIpc) is 3.52. The van der Waals surface area contributed by atoms with Gasteiger partial charge in [-0.3, -0.25) is 4.79 Å². The Kier molecular flexibility index (Phi) is 4.96. The minimum absolute atomic E-state index is 0.0518. The highest BCUT2D eigenvalue weighted by atomic mass is 32.1. The zero-order valence-corrected chi connectivity index (χ0v) is 17.3. The highest BCUT2D eigenvalue weighted by Crippen LogP contribution is 2.35. The van der Waals surface area contributed by atoms with Crippen molar-refractivity contribution in [3.63, 3.8) is 0 Å². The van der Waals surface area contributed by atoms with Crippen molar-refractivity contribution < 1.29 is 22.4 Å². The molecule has 10 heteroatoms. The quantitative estimate of drug-likeness (QED) is 0.375. The first kappa shape index (κ1) is 20.6. The van der Waals surface area contributed by atoms with Gasteiger partial charge in [-0.25, -0.2) is 13.9 Å². The summed E-state index contributed by atoms with van der Waals surface area (Å²) in [6, 6.07) is 11.2. The highest BCUT2D eigenvalue weighted by Gasteiger charge is 2.37. The van der Waals surface area contributed by atoms with Crippen LogP contribution in [0.3, 0.4) is 0 Å². The van der Waals surface area contributed by atoms with E-state index in [0.29, 0.717) is 22.4 Å². The van der Waals surface area contributed by atoms with E-state index in [4.69, 9.17) is 0 Å². The fourth-order valence-electron chi connectivity index (χ4n) is 4.02. The van der Waals surface area contributed by atoms with Crippen molar-refractivity contribution in [2.75, 3.05) is 6.54 Å². The SMILES string of the molecule is O=C(c1cc2nc(-c3cccs3)cc(C(F)(F)F)n2n1)N1CCC[C@H]1c1ccc(F)cc1. The molecular formula is C22H16F4N4OS. The van der Waals surface area contributed by atoms with Gasteiger partial charge in [0.05, 0.1) is 16.6 Å². The van der Waals surface area contributed by atoms with Crippen LogP contribution in [0, 0.1) is 5.82 Å². The molecule has 0 bridgehead atoms. The third-order valence-corrected chi connectivity index (χ3v) is 6.37. The Bertz CT molecular complexity index is 1280. The first-order chi connectivity index (χ1) is 15.3. The third kappa shape index (κ3) is 3.64. The minimum Gasteiger partial charge on any atom is -0.330 e. The molecule has 1 aliphatic rings. The fraction of sp³-hybridized carbons (Fsp3) is 0.227. The van der Waals surface area contributed by atoms with E-state index in [0.717, 1.165) is 18.1 Å². The number of halogens is 4. The van der Waals surface area contributed by atoms with Crippen molar-refractivity contribution in [2.24, 2.45) is 0 Å². The molecule has 3 aromatic heterocycles. The predicted octanol–water partition coefficient (Wildman–Crippen LogP) is 5.59. The van der Waals surface area contributed by atoms with E-state index >= 15 is 0 Å². The molecule has 32 heavy (non-hydrogen) atoms. The van der Waals surface area contributed by atoms with E-state index in [2.05, 4.69) is 10.1 Å². The van der Waals surface area contributed by atoms with E-state index in [-0.39, 0.29) is 28.9 Å². The van der Waals surface area contributed by atoms with Gasteiger partial charge in [0.25, 0.3) is 5.91 Å². The van der Waals surface area contributed by atoms with Crippen LogP contribution in [-0.2, 0) is 6.18 Å². The van der Waals surface area contributed by atoms with Gasteiger partial charge >= 0.3 is 6.18 Å². The van der Waals surface area contributed by atoms with Gasteiger partial charge in [-0.15, -0.1) is 11.3 Å². The van der Waals surface area contributed by atoms with Crippen LogP contribution in [-0.4, -0.2) is 31.9 Å². The second-order valence-electron chi connectivity index (χ2n) is 7.51. The van der Waals surface area contributed by atoms with Crippen LogP contribution in [0.1, 0.15) is 40.6 Å². The Morgan fingerprint density at radius 3 is 2.59 bits per heavy atom. The molecule has 1 fully saturated rings. The molecule has 0 saturated carbocycles. The zero-order valence-electron chi connectivity index (χ0n) is 16.5. The van der Waals surface area contributed by atoms with Crippen LogP contribution < -0.4 is 0 Å². The molecule has 1 amide bonds. The van der Waals surface area contributed by atoms with Gasteiger partial charge in [0.15, 0.2) is 17.0 Å². The third-order valence-electron chi connectivity index (χ3n) is 5.48. The number of hydrogen-bond acceptors (Lipinski definition) is 4. The number of thiophene rings is 1. The molecule has 4 heterocycles. The summed E-state index contributed by atoms with van der Waals surface area (Å²) in [6.07, 6.45) is -3.26. The number of carbonyl (C=O) groups excluding carboxylic acids is 1. The summed E-state index contributed by atoms with van der Waals surface area (Å²) in [5, 5.41) is 5.73. The summed E-state index contributed by atoms with van der Waals surface area (Å²) >= 11 is 1.27. The van der Waals surface area contributed by atoms with Gasteiger partial charge < -0.3 is 4.90 Å². The molecular weight excluding hydrogens is 444 g/mol. The Hall–Kier alpha value is -3.27. The number of nitrogens with zero attached hydrogens (tertiary/aromatic N) is 4. The number of amides is 1. The summed E-state index contributed by atoms with van der Waals surface area (Å²) in [5.41, 5.74) is -0.218. The normalized spacial score (nSPS) is 16.8. The highest BCUT2D eigenvalue weighted by molar-refractivity contribution is 7.13. The molecule has 1 atom stereocenters. The summed E-state index contributed by atoms with van der Waals surface area (Å²) in [6.45, 7) is 0.439. The van der Waals surface area contributed by atoms with Crippen LogP contribution in [0.5, 0.6) is 0 Å². The maximum atomic E-state index is 13.8. The average molecular weight is 460 g/mol. The van der Waals surface area contributed by atoms with Crippen LogP contribution >= 0.6 is 11.3 Å². The summed E-state index contributed by atoms with van der Waals surface area (Å²) < 4.78 is 55.2. The first-order valence-corrected chi connectivity index (χ1v) is 10.8. The maximum Gasteiger partial charge on any atom is 0.433 e. The Morgan fingerprint density at radius 1 is 1.12 bits per heavy atom. The molecule has 5 rings (SSSR count). The number of fused-ring (bicyclic) bond motifs is 1. The standard InChI is InChI=1S/C22H16F4N4OS/c23-14-7-5-13(6-8-14)17-3-1-9-29(17)21(31)16-12-20-27-15(18-4-2-10-32-18)11-19(22(24,25)26)30(20)28-16/h2,4-8,10-12,17H,1,3,9H2/t17-/m0/s1. The van der Waals surface area contributed by atoms with E-state index < -0.39 is 17.8 Å². The molecule has 0 radical (unpaired) electrons. The molecule has 5 nitrogen and oxygen atoms in total. The predicted molar refractivity (Wildman–Crippen MR) is 111 cm³/mol. The van der Waals surface area contributed by atoms with E-state index in [1.165, 1.54) is 29.5 Å². The molecule has 1 aliphatic heterocycles. The number of benzene rings is 1. The zero-order chi connectivity index (χ0) is 22.5. The maximum absolute atomic E-state index is 13.8. The lowest BCUT2D eigenvalue weighted by Crippen LogP contribution is -2.31. The molecule has 1 saturated heterocycles. The monoisotopic (exact) mass is 460 g/mol. The van der Waals surface area contributed by atoms with Crippen molar-refractivity contribution in [1.82, 2.24) is 19.5 Å². The van der Waals surface area contributed by atoms with Crippen molar-refractivity contribution in [1.29, 1.82) is 0 Å². The van der Waals surface area contributed by atoms with Crippen molar-refractivity contribution in [2.45, 2.75) is 25.1 Å². The number of hydrogen-bond donors (Lipinski definition) is 0. The number of likely N-dealkylation sites (tertiary alicyclic amines) is 1. The lowest BCUT2D eigenvalue weighted by atomic mass is 10.0. The summed E-state index contributed by atoms with van der Waals surface area (Å²) in [7, 11) is 0. The molecule has 164 valence electrons. The molecule has 4 aromatic rings. The van der Waals surface area contributed by atoms with Gasteiger partial charge in [0, 0.05) is 12.6 Å². The van der Waals surface area contributed by atoms with Crippen LogP contribution in [0.15, 0.2) is 53.9 Å². The van der Waals surface area contributed by atoms with Gasteiger partial charge in [-0.2, -0.15) is 18.3 Å². The first-order valence-electron chi connectivity index (χ1n) is 9.89. The number of aromatic nitrogens is 3. The fourth-order valence-corrected chi connectivity index (χ4v) is 4.71. The second-order valence-corrected chi connectivity index (χ2v) is 8.46. The largest absolute Gasteiger partial charge is 0.433 e.